The summed E-state index contributed by atoms with van der Waals surface area (Å²) < 4.78 is 0. The van der Waals surface area contributed by atoms with Gasteiger partial charge in [-0.05, 0) is 102 Å². The maximum Gasteiger partial charge on any atom is 0.115 e. The van der Waals surface area contributed by atoms with Gasteiger partial charge in [0.2, 0.25) is 0 Å². The summed E-state index contributed by atoms with van der Waals surface area (Å²) in [6, 6.07) is 7.03. The highest BCUT2D eigenvalue weighted by atomic mass is 16.3. The molecule has 2 heterocycles. The maximum absolute atomic E-state index is 10.2. The Kier molecular flexibility index (Phi) is 5.95. The monoisotopic (exact) mass is 415 g/mol. The zero-order chi connectivity index (χ0) is 21.7. The van der Waals surface area contributed by atoms with Crippen molar-refractivity contribution in [1.82, 2.24) is 14.7 Å². The fraction of sp³-hybridized carbons (Fsp3) is 0.760. The molecule has 0 amide bonds. The van der Waals surface area contributed by atoms with Crippen LogP contribution in [-0.2, 0) is 11.8 Å². The zero-order valence-electron chi connectivity index (χ0n) is 19.6. The Labute approximate surface area is 182 Å². The predicted molar refractivity (Wildman–Crippen MR) is 122 cm³/mol. The number of β-amino-alcohol motifs (C(OH)–C–C–N with tert-alkyl or cyclic N) is 1. The van der Waals surface area contributed by atoms with Gasteiger partial charge in [-0.15, -0.1) is 0 Å². The smallest absolute Gasteiger partial charge is 0.115 e. The summed E-state index contributed by atoms with van der Waals surface area (Å²) in [5.41, 5.74) is 2.25. The number of aromatic hydroxyl groups is 1. The van der Waals surface area contributed by atoms with Crippen molar-refractivity contribution in [2.75, 3.05) is 46.8 Å². The number of benzene rings is 1. The first-order valence-corrected chi connectivity index (χ1v) is 11.7. The molecule has 3 aliphatic rings. The van der Waals surface area contributed by atoms with Gasteiger partial charge < -0.3 is 24.9 Å². The Bertz CT molecular complexity index is 753. The molecule has 2 N–H and O–H groups in total. The van der Waals surface area contributed by atoms with Gasteiger partial charge in [-0.25, -0.2) is 0 Å². The van der Waals surface area contributed by atoms with E-state index in [0.717, 1.165) is 45.6 Å². The molecule has 1 aromatic carbocycles. The number of nitrogens with zero attached hydrogens (tertiary/aromatic N) is 3. The Balaban J connectivity index is 1.48. The molecule has 2 saturated heterocycles. The molecule has 30 heavy (non-hydrogen) atoms. The van der Waals surface area contributed by atoms with Gasteiger partial charge in [-0.1, -0.05) is 13.0 Å². The standard InChI is InChI=1S/C25H41N3O2/c1-24(2,30)17-28-11-8-18(9-12-28)16-27(5)23-22-14-19-6-7-20(29)15-21(19)25(23,3)10-13-26(22)4/h6-7,15,18,22-23,29-30H,8-14,16-17H2,1-5H3/t22-,23+,25-/m1/s1. The first kappa shape index (κ1) is 22.1. The van der Waals surface area contributed by atoms with E-state index >= 15 is 0 Å². The number of hydrogen-bond acceptors (Lipinski definition) is 5. The number of hydrogen-bond donors (Lipinski definition) is 2. The van der Waals surface area contributed by atoms with Gasteiger partial charge in [0.05, 0.1) is 5.60 Å². The lowest BCUT2D eigenvalue weighted by Gasteiger charge is -2.58. The van der Waals surface area contributed by atoms with Crippen molar-refractivity contribution in [3.05, 3.63) is 29.3 Å². The van der Waals surface area contributed by atoms with Crippen molar-refractivity contribution < 1.29 is 10.2 Å². The van der Waals surface area contributed by atoms with E-state index in [1.54, 1.807) is 0 Å². The second-order valence-electron chi connectivity index (χ2n) is 11.2. The minimum Gasteiger partial charge on any atom is -0.508 e. The average molecular weight is 416 g/mol. The van der Waals surface area contributed by atoms with Crippen molar-refractivity contribution in [3.8, 4) is 5.75 Å². The van der Waals surface area contributed by atoms with Gasteiger partial charge in [0.25, 0.3) is 0 Å². The third-order valence-corrected chi connectivity index (χ3v) is 8.04. The lowest BCUT2D eigenvalue weighted by Crippen LogP contribution is -2.66. The summed E-state index contributed by atoms with van der Waals surface area (Å²) in [6.45, 7) is 11.4. The molecule has 2 bridgehead atoms. The number of aliphatic hydroxyl groups is 1. The molecular formula is C25H41N3O2. The van der Waals surface area contributed by atoms with Crippen molar-refractivity contribution in [2.24, 2.45) is 5.92 Å². The lowest BCUT2D eigenvalue weighted by molar-refractivity contribution is -0.0122. The molecule has 1 aliphatic carbocycles. The SMILES string of the molecule is CN1CC[C@]2(C)c3cc(O)ccc3C[C@@H]1[C@@H]2N(C)CC1CCN(CC(C)(C)O)CC1. The number of likely N-dealkylation sites (N-methyl/N-ethyl adjacent to an activating group) is 2. The van der Waals surface area contributed by atoms with Crippen LogP contribution in [0.5, 0.6) is 5.75 Å². The van der Waals surface area contributed by atoms with Crippen LogP contribution in [0.1, 0.15) is 51.2 Å². The molecule has 4 rings (SSSR count). The summed E-state index contributed by atoms with van der Waals surface area (Å²) in [6.07, 6.45) is 4.62. The van der Waals surface area contributed by atoms with E-state index in [-0.39, 0.29) is 5.41 Å². The minimum absolute atomic E-state index is 0.0832. The van der Waals surface area contributed by atoms with Crippen LogP contribution in [0.3, 0.4) is 0 Å². The van der Waals surface area contributed by atoms with E-state index in [1.165, 1.54) is 24.0 Å². The molecule has 0 saturated carbocycles. The second kappa shape index (κ2) is 8.09. The molecule has 5 nitrogen and oxygen atoms in total. The number of rotatable bonds is 5. The van der Waals surface area contributed by atoms with Gasteiger partial charge >= 0.3 is 0 Å². The van der Waals surface area contributed by atoms with Crippen molar-refractivity contribution >= 4 is 0 Å². The quantitative estimate of drug-likeness (QED) is 0.774. The van der Waals surface area contributed by atoms with E-state index < -0.39 is 5.60 Å². The van der Waals surface area contributed by atoms with Gasteiger partial charge in [0, 0.05) is 30.6 Å². The molecule has 3 atom stereocenters. The van der Waals surface area contributed by atoms with Gasteiger partial charge in [-0.2, -0.15) is 0 Å². The normalized spacial score (nSPS) is 31.2. The summed E-state index contributed by atoms with van der Waals surface area (Å²) >= 11 is 0. The summed E-state index contributed by atoms with van der Waals surface area (Å²) in [5, 5.41) is 20.3. The van der Waals surface area contributed by atoms with Crippen LogP contribution >= 0.6 is 0 Å². The van der Waals surface area contributed by atoms with Gasteiger partial charge in [0.1, 0.15) is 5.75 Å². The summed E-state index contributed by atoms with van der Waals surface area (Å²) in [5.74, 6) is 1.11. The number of phenolic OH excluding ortho intramolecular Hbond substituents is 1. The van der Waals surface area contributed by atoms with Crippen LogP contribution in [0.4, 0.5) is 0 Å². The topological polar surface area (TPSA) is 50.2 Å². The highest BCUT2D eigenvalue weighted by Crippen LogP contribution is 2.47. The molecule has 168 valence electrons. The fourth-order valence-corrected chi connectivity index (χ4v) is 6.62. The van der Waals surface area contributed by atoms with E-state index in [4.69, 9.17) is 0 Å². The van der Waals surface area contributed by atoms with E-state index in [1.807, 2.05) is 26.0 Å². The molecule has 2 fully saturated rings. The van der Waals surface area contributed by atoms with Crippen molar-refractivity contribution in [1.29, 1.82) is 0 Å². The third-order valence-electron chi connectivity index (χ3n) is 8.04. The molecule has 0 aromatic heterocycles. The Morgan fingerprint density at radius 3 is 2.57 bits per heavy atom. The van der Waals surface area contributed by atoms with Gasteiger partial charge in [0.15, 0.2) is 0 Å². The minimum atomic E-state index is -0.610. The molecule has 1 aromatic rings. The lowest BCUT2D eigenvalue weighted by atomic mass is 9.61. The zero-order valence-corrected chi connectivity index (χ0v) is 19.6. The Morgan fingerprint density at radius 1 is 1.20 bits per heavy atom. The first-order valence-electron chi connectivity index (χ1n) is 11.7. The molecule has 0 spiro atoms. The number of likely N-dealkylation sites (tertiary alicyclic amines) is 2. The molecule has 0 radical (unpaired) electrons. The largest absolute Gasteiger partial charge is 0.508 e. The molecule has 2 aliphatic heterocycles. The van der Waals surface area contributed by atoms with E-state index in [0.29, 0.717) is 23.8 Å². The summed E-state index contributed by atoms with van der Waals surface area (Å²) in [7, 11) is 4.61. The van der Waals surface area contributed by atoms with Crippen LogP contribution in [-0.4, -0.2) is 89.4 Å². The molecular weight excluding hydrogens is 374 g/mol. The van der Waals surface area contributed by atoms with Gasteiger partial charge in [-0.3, -0.25) is 0 Å². The fourth-order valence-electron chi connectivity index (χ4n) is 6.62. The van der Waals surface area contributed by atoms with Crippen LogP contribution < -0.4 is 0 Å². The Morgan fingerprint density at radius 2 is 1.90 bits per heavy atom. The van der Waals surface area contributed by atoms with E-state index in [2.05, 4.69) is 41.8 Å². The van der Waals surface area contributed by atoms with Crippen LogP contribution in [0.25, 0.3) is 0 Å². The Hall–Kier alpha value is -1.14. The predicted octanol–water partition coefficient (Wildman–Crippen LogP) is 2.69. The molecule has 0 unspecified atom stereocenters. The summed E-state index contributed by atoms with van der Waals surface area (Å²) in [4.78, 5) is 7.62. The van der Waals surface area contributed by atoms with Crippen LogP contribution in [0, 0.1) is 5.92 Å². The van der Waals surface area contributed by atoms with Crippen molar-refractivity contribution in [2.45, 2.75) is 69.6 Å². The highest BCUT2D eigenvalue weighted by Gasteiger charge is 2.51. The average Bonchev–Trinajstić information content (AvgIpc) is 2.66. The number of piperidine rings is 2. The second-order valence-corrected chi connectivity index (χ2v) is 11.2. The van der Waals surface area contributed by atoms with Crippen LogP contribution in [0.2, 0.25) is 0 Å². The van der Waals surface area contributed by atoms with Crippen molar-refractivity contribution in [3.63, 3.8) is 0 Å². The molecule has 5 heteroatoms. The van der Waals surface area contributed by atoms with E-state index in [9.17, 15) is 10.2 Å². The first-order chi connectivity index (χ1) is 14.1. The maximum atomic E-state index is 10.2. The third kappa shape index (κ3) is 4.27. The highest BCUT2D eigenvalue weighted by molar-refractivity contribution is 5.45. The van der Waals surface area contributed by atoms with Crippen LogP contribution in [0.15, 0.2) is 18.2 Å². The number of phenols is 1. The number of fused-ring (bicyclic) bond motifs is 4.